The number of alkyl halides is 4. The summed E-state index contributed by atoms with van der Waals surface area (Å²) in [5, 5.41) is 7.12. The molecule has 3 aliphatic rings. The fourth-order valence-electron chi connectivity index (χ4n) is 3.11. The number of hydrogen-bond acceptors (Lipinski definition) is 5. The molecule has 28 heavy (non-hydrogen) atoms. The zero-order chi connectivity index (χ0) is 20.6. The Morgan fingerprint density at radius 1 is 1.32 bits per heavy atom. The van der Waals surface area contributed by atoms with Crippen LogP contribution in [0.25, 0.3) is 0 Å². The molecule has 3 heterocycles. The minimum absolute atomic E-state index is 0.0772. The van der Waals surface area contributed by atoms with Crippen LogP contribution in [-0.4, -0.2) is 68.4 Å². The summed E-state index contributed by atoms with van der Waals surface area (Å²) in [6.07, 6.45) is 0.209. The quantitative estimate of drug-likeness (QED) is 0.755. The zero-order valence-corrected chi connectivity index (χ0v) is 15.4. The second kappa shape index (κ2) is 7.41. The van der Waals surface area contributed by atoms with E-state index < -0.39 is 17.8 Å². The van der Waals surface area contributed by atoms with Crippen LogP contribution in [0.5, 0.6) is 5.75 Å². The first kappa shape index (κ1) is 20.7. The number of carboxylic acids is 1. The van der Waals surface area contributed by atoms with Gasteiger partial charge in [0.25, 0.3) is 5.91 Å². The van der Waals surface area contributed by atoms with Gasteiger partial charge >= 0.3 is 12.1 Å². The molecule has 11 heteroatoms. The lowest BCUT2D eigenvalue weighted by Gasteiger charge is -2.47. The summed E-state index contributed by atoms with van der Waals surface area (Å²) in [7, 11) is 0. The second-order valence-electron chi connectivity index (χ2n) is 7.06. The van der Waals surface area contributed by atoms with Gasteiger partial charge in [-0.3, -0.25) is 9.78 Å². The van der Waals surface area contributed by atoms with E-state index in [1.165, 1.54) is 0 Å². The van der Waals surface area contributed by atoms with E-state index in [2.05, 4.69) is 4.98 Å². The van der Waals surface area contributed by atoms with Crippen LogP contribution in [-0.2, 0) is 9.59 Å². The normalized spacial score (nSPS) is 24.0. The number of amides is 1. The van der Waals surface area contributed by atoms with Gasteiger partial charge in [-0.2, -0.15) is 13.2 Å². The molecule has 1 atom stereocenters. The molecule has 0 radical (unpaired) electrons. The first-order valence-electron chi connectivity index (χ1n) is 8.52. The number of nitrogens with zero attached hydrogens (tertiary/aromatic N) is 2. The predicted octanol–water partition coefficient (Wildman–Crippen LogP) is 2.68. The standard InChI is InChI=1S/C15H17FN2O2S.C2HF3O2/c16-15(3-4-15)13(19)18-9-14(10-18)6-12(8-21-14)20-11-2-1-5-17-7-11;3-2(4,5)1(6)7/h1-2,5,7,12H,3-4,6,8-10H2;(H,6,7). The number of thioether (sulfide) groups is 1. The molecule has 0 bridgehead atoms. The zero-order valence-electron chi connectivity index (χ0n) is 14.6. The summed E-state index contributed by atoms with van der Waals surface area (Å²) in [5.41, 5.74) is -1.53. The number of rotatable bonds is 3. The number of aliphatic carboxylic acids is 1. The van der Waals surface area contributed by atoms with Crippen LogP contribution in [0.3, 0.4) is 0 Å². The van der Waals surface area contributed by atoms with Crippen LogP contribution < -0.4 is 4.74 Å². The van der Waals surface area contributed by atoms with E-state index in [1.807, 2.05) is 23.9 Å². The molecule has 1 spiro atoms. The van der Waals surface area contributed by atoms with Gasteiger partial charge in [0.05, 0.1) is 10.9 Å². The summed E-state index contributed by atoms with van der Waals surface area (Å²) < 4.78 is 51.5. The van der Waals surface area contributed by atoms with Gasteiger partial charge in [-0.15, -0.1) is 11.8 Å². The number of carbonyl (C=O) groups excluding carboxylic acids is 1. The van der Waals surface area contributed by atoms with Gasteiger partial charge in [-0.25, -0.2) is 9.18 Å². The fraction of sp³-hybridized carbons (Fsp3) is 0.588. The van der Waals surface area contributed by atoms with Crippen molar-refractivity contribution in [2.45, 2.75) is 42.0 Å². The first-order valence-corrected chi connectivity index (χ1v) is 9.51. The lowest BCUT2D eigenvalue weighted by molar-refractivity contribution is -0.192. The van der Waals surface area contributed by atoms with Crippen molar-refractivity contribution in [1.29, 1.82) is 0 Å². The van der Waals surface area contributed by atoms with Crippen molar-refractivity contribution in [1.82, 2.24) is 9.88 Å². The molecule has 1 aliphatic carbocycles. The third kappa shape index (κ3) is 4.68. The van der Waals surface area contributed by atoms with Crippen molar-refractivity contribution < 1.29 is 37.0 Å². The van der Waals surface area contributed by atoms with Crippen molar-refractivity contribution in [3.8, 4) is 5.75 Å². The number of ether oxygens (including phenoxy) is 1. The van der Waals surface area contributed by atoms with Gasteiger partial charge < -0.3 is 14.7 Å². The van der Waals surface area contributed by atoms with Crippen molar-refractivity contribution in [2.24, 2.45) is 0 Å². The Balaban J connectivity index is 0.000000279. The van der Waals surface area contributed by atoms with Gasteiger partial charge in [0.15, 0.2) is 5.67 Å². The van der Waals surface area contributed by atoms with Gasteiger partial charge in [0.2, 0.25) is 0 Å². The lowest BCUT2D eigenvalue weighted by atomic mass is 9.92. The molecule has 1 N–H and O–H groups in total. The van der Waals surface area contributed by atoms with Crippen molar-refractivity contribution in [3.05, 3.63) is 24.5 Å². The Bertz CT molecular complexity index is 736. The third-order valence-electron chi connectivity index (χ3n) is 4.67. The van der Waals surface area contributed by atoms with Crippen molar-refractivity contribution >= 4 is 23.6 Å². The monoisotopic (exact) mass is 422 g/mol. The van der Waals surface area contributed by atoms with Crippen molar-refractivity contribution in [3.63, 3.8) is 0 Å². The van der Waals surface area contributed by atoms with E-state index in [4.69, 9.17) is 14.6 Å². The van der Waals surface area contributed by atoms with Crippen LogP contribution in [0.4, 0.5) is 17.6 Å². The first-order chi connectivity index (χ1) is 13.0. The molecule has 1 aromatic heterocycles. The Labute approximate surface area is 162 Å². The molecule has 6 nitrogen and oxygen atoms in total. The SMILES string of the molecule is O=C(N1CC2(CC(Oc3cccnc3)CS2)C1)C1(F)CC1.O=C(O)C(F)(F)F. The van der Waals surface area contributed by atoms with Gasteiger partial charge in [0.1, 0.15) is 11.9 Å². The molecule has 154 valence electrons. The maximum Gasteiger partial charge on any atom is 0.490 e. The van der Waals surface area contributed by atoms with E-state index >= 15 is 0 Å². The number of likely N-dealkylation sites (tertiary alicyclic amines) is 1. The molecule has 2 saturated heterocycles. The second-order valence-corrected chi connectivity index (χ2v) is 8.54. The molecule has 3 fully saturated rings. The highest BCUT2D eigenvalue weighted by Crippen LogP contribution is 2.49. The molecule has 1 amide bonds. The molecule has 4 rings (SSSR count). The minimum atomic E-state index is -5.08. The number of hydrogen-bond donors (Lipinski definition) is 1. The van der Waals surface area contributed by atoms with Crippen LogP contribution in [0, 0.1) is 0 Å². The lowest BCUT2D eigenvalue weighted by Crippen LogP contribution is -2.62. The highest BCUT2D eigenvalue weighted by atomic mass is 32.2. The Morgan fingerprint density at radius 3 is 2.46 bits per heavy atom. The molecule has 1 saturated carbocycles. The van der Waals surface area contributed by atoms with E-state index in [9.17, 15) is 22.4 Å². The minimum Gasteiger partial charge on any atom is -0.488 e. The Hall–Kier alpha value is -2.04. The van der Waals surface area contributed by atoms with Crippen LogP contribution in [0.15, 0.2) is 24.5 Å². The fourth-order valence-corrected chi connectivity index (χ4v) is 4.63. The average molecular weight is 422 g/mol. The van der Waals surface area contributed by atoms with Gasteiger partial charge in [-0.1, -0.05) is 0 Å². The summed E-state index contributed by atoms with van der Waals surface area (Å²) in [5.74, 6) is -1.36. The van der Waals surface area contributed by atoms with Crippen LogP contribution >= 0.6 is 11.8 Å². The van der Waals surface area contributed by atoms with E-state index in [0.717, 1.165) is 17.9 Å². The van der Waals surface area contributed by atoms with Crippen molar-refractivity contribution in [2.75, 3.05) is 18.8 Å². The van der Waals surface area contributed by atoms with Crippen LogP contribution in [0.1, 0.15) is 19.3 Å². The highest BCUT2D eigenvalue weighted by molar-refractivity contribution is 8.01. The molecule has 2 aliphatic heterocycles. The molecular formula is C17H18F4N2O4S. The molecule has 1 aromatic rings. The largest absolute Gasteiger partial charge is 0.490 e. The number of carboxylic acid groups (broad SMARTS) is 1. The van der Waals surface area contributed by atoms with Gasteiger partial charge in [-0.05, 0) is 25.0 Å². The summed E-state index contributed by atoms with van der Waals surface area (Å²) >= 11 is 1.85. The highest BCUT2D eigenvalue weighted by Gasteiger charge is 2.59. The van der Waals surface area contributed by atoms with Crippen LogP contribution in [0.2, 0.25) is 0 Å². The van der Waals surface area contributed by atoms with E-state index in [1.54, 1.807) is 17.3 Å². The summed E-state index contributed by atoms with van der Waals surface area (Å²) in [4.78, 5) is 26.5. The maximum atomic E-state index is 13.8. The topological polar surface area (TPSA) is 79.7 Å². The molecular weight excluding hydrogens is 404 g/mol. The maximum absolute atomic E-state index is 13.8. The Kier molecular flexibility index (Phi) is 5.48. The predicted molar refractivity (Wildman–Crippen MR) is 91.8 cm³/mol. The number of pyridine rings is 1. The number of aromatic nitrogens is 1. The number of halogens is 4. The average Bonchev–Trinajstić information content (AvgIpc) is 3.21. The summed E-state index contributed by atoms with van der Waals surface area (Å²) in [6.45, 7) is 1.32. The smallest absolute Gasteiger partial charge is 0.488 e. The van der Waals surface area contributed by atoms with Gasteiger partial charge in [0, 0.05) is 31.5 Å². The summed E-state index contributed by atoms with van der Waals surface area (Å²) in [6, 6.07) is 3.76. The molecule has 0 aromatic carbocycles. The molecule has 1 unspecified atom stereocenters. The Morgan fingerprint density at radius 2 is 1.96 bits per heavy atom. The third-order valence-corrected chi connectivity index (χ3v) is 6.25. The van der Waals surface area contributed by atoms with E-state index in [-0.39, 0.29) is 16.8 Å². The number of carbonyl (C=O) groups is 2. The van der Waals surface area contributed by atoms with E-state index in [0.29, 0.717) is 25.9 Å².